The van der Waals surface area contributed by atoms with E-state index in [4.69, 9.17) is 24.5 Å². The predicted molar refractivity (Wildman–Crippen MR) is 185 cm³/mol. The number of ether oxygens (including phenoxy) is 2. The summed E-state index contributed by atoms with van der Waals surface area (Å²) in [5.41, 5.74) is 3.65. The third-order valence-corrected chi connectivity index (χ3v) is 10.6. The van der Waals surface area contributed by atoms with Crippen LogP contribution in [0.15, 0.2) is 42.6 Å². The van der Waals surface area contributed by atoms with E-state index in [0.717, 1.165) is 55.5 Å². The number of pyridine rings is 1. The van der Waals surface area contributed by atoms with Crippen LogP contribution in [-0.2, 0) is 22.3 Å². The minimum absolute atomic E-state index is 0.179. The SMILES string of the molecule is CC(C)(C)OC(=O)N[C@@H]1c2ccccc2CC12CCN(c1nc3c(nc1C(F)F)c(N1CCCc4ncccc41)nn3C1CCCCO1)CC2. The van der Waals surface area contributed by atoms with E-state index in [1.165, 1.54) is 5.56 Å². The van der Waals surface area contributed by atoms with Crippen molar-refractivity contribution in [2.45, 2.75) is 96.4 Å². The summed E-state index contributed by atoms with van der Waals surface area (Å²) >= 11 is 0. The highest BCUT2D eigenvalue weighted by atomic mass is 19.3. The number of hydrogen-bond acceptors (Lipinski definition) is 9. The van der Waals surface area contributed by atoms with Crippen LogP contribution in [0.3, 0.4) is 0 Å². The first-order chi connectivity index (χ1) is 24.1. The van der Waals surface area contributed by atoms with Crippen molar-refractivity contribution in [2.24, 2.45) is 5.41 Å². The number of anilines is 3. The standard InChI is InChI=1S/C37H44F2N8O3/c1-36(2,3)50-35(48)42-30-24-11-5-4-10-23(24)22-37(30)15-19-45(20-16-37)32-28(31(38)39)41-29-33(43-32)47(27-14-6-7-21-49-27)44-34(29)46-18-9-12-25-26(46)13-8-17-40-25/h4-5,8,10-11,13,17,27,30-31H,6-7,9,12,14-16,18-22H2,1-3H3,(H,42,48)/t27?,30-/m1/s1. The van der Waals surface area contributed by atoms with Gasteiger partial charge >= 0.3 is 6.09 Å². The van der Waals surface area contributed by atoms with Gasteiger partial charge in [0, 0.05) is 37.9 Å². The Bertz CT molecular complexity index is 1900. The van der Waals surface area contributed by atoms with Gasteiger partial charge in [-0.2, -0.15) is 0 Å². The molecule has 1 aliphatic carbocycles. The molecule has 13 heteroatoms. The van der Waals surface area contributed by atoms with Gasteiger partial charge in [-0.3, -0.25) is 4.98 Å². The fraction of sp³-hybridized carbons (Fsp3) is 0.541. The predicted octanol–water partition coefficient (Wildman–Crippen LogP) is 7.35. The topological polar surface area (TPSA) is 111 Å². The summed E-state index contributed by atoms with van der Waals surface area (Å²) in [5.74, 6) is 0.681. The molecule has 3 aromatic heterocycles. The molecule has 1 aromatic carbocycles. The van der Waals surface area contributed by atoms with Crippen LogP contribution in [0.1, 0.15) is 101 Å². The molecule has 4 aliphatic rings. The summed E-state index contributed by atoms with van der Waals surface area (Å²) < 4.78 is 43.7. The maximum atomic E-state index is 15.0. The second-order valence-electron chi connectivity index (χ2n) is 15.0. The van der Waals surface area contributed by atoms with E-state index in [-0.39, 0.29) is 29.2 Å². The number of halogens is 2. The number of carbonyl (C=O) groups is 1. The molecule has 8 rings (SSSR count). The van der Waals surface area contributed by atoms with Crippen molar-refractivity contribution in [3.63, 3.8) is 0 Å². The molecule has 1 amide bonds. The average molecular weight is 687 g/mol. The van der Waals surface area contributed by atoms with Crippen LogP contribution in [0.4, 0.5) is 30.9 Å². The van der Waals surface area contributed by atoms with E-state index in [9.17, 15) is 4.79 Å². The van der Waals surface area contributed by atoms with Gasteiger partial charge in [0.05, 0.1) is 17.4 Å². The number of amides is 1. The van der Waals surface area contributed by atoms with E-state index in [1.807, 2.05) is 54.8 Å². The number of nitrogens with zero attached hydrogens (tertiary/aromatic N) is 7. The second kappa shape index (κ2) is 12.7. The number of piperidine rings is 1. The van der Waals surface area contributed by atoms with E-state index in [1.54, 1.807) is 10.9 Å². The number of nitrogens with one attached hydrogen (secondary N) is 1. The zero-order valence-electron chi connectivity index (χ0n) is 28.9. The van der Waals surface area contributed by atoms with Crippen molar-refractivity contribution in [3.05, 3.63) is 65.1 Å². The van der Waals surface area contributed by atoms with Crippen molar-refractivity contribution in [3.8, 4) is 0 Å². The zero-order valence-corrected chi connectivity index (χ0v) is 28.9. The number of carbonyl (C=O) groups excluding carboxylic acids is 1. The van der Waals surface area contributed by atoms with Gasteiger partial charge in [-0.15, -0.1) is 5.10 Å². The van der Waals surface area contributed by atoms with Gasteiger partial charge in [0.15, 0.2) is 29.0 Å². The number of hydrogen-bond donors (Lipinski definition) is 1. The highest BCUT2D eigenvalue weighted by molar-refractivity contribution is 5.89. The molecular weight excluding hydrogens is 642 g/mol. The van der Waals surface area contributed by atoms with Crippen LogP contribution < -0.4 is 15.1 Å². The molecule has 0 bridgehead atoms. The Hall–Kier alpha value is -4.39. The van der Waals surface area contributed by atoms with Gasteiger partial charge < -0.3 is 24.6 Å². The molecule has 1 N–H and O–H groups in total. The van der Waals surface area contributed by atoms with E-state index in [0.29, 0.717) is 56.1 Å². The summed E-state index contributed by atoms with van der Waals surface area (Å²) in [7, 11) is 0. The lowest BCUT2D eigenvalue weighted by atomic mass is 9.72. The fourth-order valence-electron chi connectivity index (χ4n) is 8.30. The number of alkyl carbamates (subject to hydrolysis) is 1. The molecule has 2 atom stereocenters. The van der Waals surface area contributed by atoms with Gasteiger partial charge in [-0.25, -0.2) is 28.2 Å². The molecule has 264 valence electrons. The van der Waals surface area contributed by atoms with Crippen molar-refractivity contribution < 1.29 is 23.0 Å². The molecule has 50 heavy (non-hydrogen) atoms. The molecule has 3 aliphatic heterocycles. The van der Waals surface area contributed by atoms with Crippen LogP contribution in [0.2, 0.25) is 0 Å². The first-order valence-electron chi connectivity index (χ1n) is 17.8. The maximum Gasteiger partial charge on any atom is 0.408 e. The summed E-state index contributed by atoms with van der Waals surface area (Å²) in [5, 5.41) is 8.20. The van der Waals surface area contributed by atoms with Crippen molar-refractivity contribution in [1.29, 1.82) is 0 Å². The summed E-state index contributed by atoms with van der Waals surface area (Å²) in [6.45, 7) is 7.76. The van der Waals surface area contributed by atoms with Crippen LogP contribution in [0.5, 0.6) is 0 Å². The first-order valence-corrected chi connectivity index (χ1v) is 17.8. The number of alkyl halides is 2. The second-order valence-corrected chi connectivity index (χ2v) is 15.0. The molecule has 0 saturated carbocycles. The lowest BCUT2D eigenvalue weighted by Crippen LogP contribution is -2.48. The molecule has 2 fully saturated rings. The largest absolute Gasteiger partial charge is 0.444 e. The Morgan fingerprint density at radius 3 is 2.62 bits per heavy atom. The Balaban J connectivity index is 1.15. The number of rotatable bonds is 5. The maximum absolute atomic E-state index is 15.0. The lowest BCUT2D eigenvalue weighted by molar-refractivity contribution is -0.0368. The lowest BCUT2D eigenvalue weighted by Gasteiger charge is -2.44. The fourth-order valence-corrected chi connectivity index (χ4v) is 8.30. The van der Waals surface area contributed by atoms with Crippen molar-refractivity contribution >= 4 is 34.6 Å². The molecule has 11 nitrogen and oxygen atoms in total. The van der Waals surface area contributed by atoms with E-state index < -0.39 is 18.1 Å². The minimum atomic E-state index is -2.84. The number of aryl methyl sites for hydroxylation is 1. The van der Waals surface area contributed by atoms with Gasteiger partial charge in [-0.1, -0.05) is 24.3 Å². The minimum Gasteiger partial charge on any atom is -0.444 e. The van der Waals surface area contributed by atoms with E-state index >= 15 is 8.78 Å². The van der Waals surface area contributed by atoms with Crippen LogP contribution >= 0.6 is 0 Å². The smallest absolute Gasteiger partial charge is 0.408 e. The molecule has 1 spiro atoms. The van der Waals surface area contributed by atoms with E-state index in [2.05, 4.69) is 22.4 Å². The quantitative estimate of drug-likeness (QED) is 0.230. The number of aromatic nitrogens is 5. The Morgan fingerprint density at radius 2 is 1.86 bits per heavy atom. The number of benzene rings is 1. The highest BCUT2D eigenvalue weighted by Crippen LogP contribution is 2.53. The molecule has 6 heterocycles. The molecule has 4 aromatic rings. The van der Waals surface area contributed by atoms with Crippen LogP contribution in [0.25, 0.3) is 11.2 Å². The van der Waals surface area contributed by atoms with Gasteiger partial charge in [0.2, 0.25) is 0 Å². The van der Waals surface area contributed by atoms with Crippen LogP contribution in [-0.4, -0.2) is 62.7 Å². The number of fused-ring (bicyclic) bond motifs is 3. The van der Waals surface area contributed by atoms with Crippen molar-refractivity contribution in [1.82, 2.24) is 30.0 Å². The summed E-state index contributed by atoms with van der Waals surface area (Å²) in [6.07, 6.45) is 4.61. The monoisotopic (exact) mass is 686 g/mol. The third-order valence-electron chi connectivity index (χ3n) is 10.6. The Kier molecular flexibility index (Phi) is 8.35. The van der Waals surface area contributed by atoms with Gasteiger partial charge in [0.1, 0.15) is 11.3 Å². The third kappa shape index (κ3) is 5.92. The zero-order chi connectivity index (χ0) is 34.6. The van der Waals surface area contributed by atoms with Crippen molar-refractivity contribution in [2.75, 3.05) is 36.0 Å². The van der Waals surface area contributed by atoms with Gasteiger partial charge in [-0.05, 0) is 95.4 Å². The first kappa shape index (κ1) is 32.8. The highest BCUT2D eigenvalue weighted by Gasteiger charge is 2.49. The van der Waals surface area contributed by atoms with Gasteiger partial charge in [0.25, 0.3) is 6.43 Å². The summed E-state index contributed by atoms with van der Waals surface area (Å²) in [6, 6.07) is 11.8. The van der Waals surface area contributed by atoms with Crippen LogP contribution in [0, 0.1) is 5.41 Å². The normalized spacial score (nSPS) is 21.8. The average Bonchev–Trinajstić information content (AvgIpc) is 3.62. The summed E-state index contributed by atoms with van der Waals surface area (Å²) in [4.78, 5) is 31.3. The molecule has 2 saturated heterocycles. The Morgan fingerprint density at radius 1 is 1.04 bits per heavy atom. The Labute approximate surface area is 290 Å². The molecular formula is C37H44F2N8O3. The molecule has 0 radical (unpaired) electrons. The molecule has 1 unspecified atom stereocenters.